The van der Waals surface area contributed by atoms with Crippen molar-refractivity contribution in [1.29, 1.82) is 0 Å². The van der Waals surface area contributed by atoms with Crippen molar-refractivity contribution in [2.75, 3.05) is 0 Å². The Morgan fingerprint density at radius 3 is 1.41 bits per heavy atom. The van der Waals surface area contributed by atoms with E-state index in [-0.39, 0.29) is 0 Å². The van der Waals surface area contributed by atoms with Gasteiger partial charge in [-0.3, -0.25) is 9.15 Å². The maximum atomic E-state index is 4.85. The van der Waals surface area contributed by atoms with E-state index in [4.69, 9.17) is 9.15 Å². The predicted molar refractivity (Wildman–Crippen MR) is 75.2 cm³/mol. The minimum Gasteiger partial charge on any atom is -0.261 e. The standard InChI is InChI=1S/C14H30O2Si/c1-2-3-4-5-6-7-8-9-10-11-12-13-14-17-15-16-17/h17H,2-14H2,1H3. The Morgan fingerprint density at radius 1 is 0.588 bits per heavy atom. The van der Waals surface area contributed by atoms with Crippen LogP contribution < -0.4 is 0 Å². The molecular weight excluding hydrogens is 228 g/mol. The number of hydrogen-bond donors (Lipinski definition) is 0. The summed E-state index contributed by atoms with van der Waals surface area (Å²) in [4.78, 5) is 0. The van der Waals surface area contributed by atoms with Crippen molar-refractivity contribution >= 4 is 9.28 Å². The minimum absolute atomic E-state index is 1.00. The first-order valence-corrected chi connectivity index (χ1v) is 9.51. The van der Waals surface area contributed by atoms with Gasteiger partial charge < -0.3 is 0 Å². The van der Waals surface area contributed by atoms with Crippen LogP contribution in [0.15, 0.2) is 0 Å². The first-order valence-electron chi connectivity index (χ1n) is 7.75. The summed E-state index contributed by atoms with van der Waals surface area (Å²) in [5, 5.41) is 0. The van der Waals surface area contributed by atoms with E-state index in [1.54, 1.807) is 0 Å². The van der Waals surface area contributed by atoms with Gasteiger partial charge in [-0.2, -0.15) is 0 Å². The molecule has 1 saturated heterocycles. The summed E-state index contributed by atoms with van der Waals surface area (Å²) in [7, 11) is -1.00. The van der Waals surface area contributed by atoms with Crippen LogP contribution in [0.4, 0.5) is 0 Å². The normalized spacial score (nSPS) is 15.4. The van der Waals surface area contributed by atoms with Crippen LogP contribution in [-0.4, -0.2) is 9.28 Å². The molecule has 3 heteroatoms. The lowest BCUT2D eigenvalue weighted by Crippen LogP contribution is -1.88. The van der Waals surface area contributed by atoms with Crippen LogP contribution in [0.1, 0.15) is 84.0 Å². The molecule has 0 bridgehead atoms. The first kappa shape index (κ1) is 15.2. The van der Waals surface area contributed by atoms with Gasteiger partial charge in [0.1, 0.15) is 0 Å². The third kappa shape index (κ3) is 11.0. The highest BCUT2D eigenvalue weighted by molar-refractivity contribution is 6.49. The molecule has 0 aromatic carbocycles. The average molecular weight is 258 g/mol. The number of rotatable bonds is 13. The Balaban J connectivity index is 1.61. The Bertz CT molecular complexity index is 160. The van der Waals surface area contributed by atoms with Crippen molar-refractivity contribution in [2.45, 2.75) is 90.0 Å². The third-order valence-corrected chi connectivity index (χ3v) is 4.87. The first-order chi connectivity index (χ1) is 8.43. The average Bonchev–Trinajstić information content (AvgIpc) is 3.15. The molecule has 1 heterocycles. The summed E-state index contributed by atoms with van der Waals surface area (Å²) in [5.41, 5.74) is 0. The van der Waals surface area contributed by atoms with Gasteiger partial charge in [-0.15, -0.1) is 0 Å². The second-order valence-corrected chi connectivity index (χ2v) is 7.12. The molecule has 0 radical (unpaired) electrons. The van der Waals surface area contributed by atoms with Crippen LogP contribution in [0.5, 0.6) is 0 Å². The fraction of sp³-hybridized carbons (Fsp3) is 1.00. The van der Waals surface area contributed by atoms with E-state index in [1.165, 1.54) is 83.1 Å². The smallest absolute Gasteiger partial charge is 0.261 e. The summed E-state index contributed by atoms with van der Waals surface area (Å²) >= 11 is 0. The summed E-state index contributed by atoms with van der Waals surface area (Å²) in [5.74, 6) is 0. The van der Waals surface area contributed by atoms with Crippen molar-refractivity contribution in [3.8, 4) is 0 Å². The maximum absolute atomic E-state index is 4.85. The highest BCUT2D eigenvalue weighted by Crippen LogP contribution is 2.17. The van der Waals surface area contributed by atoms with Crippen LogP contribution in [0, 0.1) is 0 Å². The second-order valence-electron chi connectivity index (χ2n) is 5.30. The lowest BCUT2D eigenvalue weighted by Gasteiger charge is -2.01. The van der Waals surface area contributed by atoms with E-state index in [0.717, 1.165) is 0 Å². The van der Waals surface area contributed by atoms with E-state index in [0.29, 0.717) is 0 Å². The molecule has 1 fully saturated rings. The van der Waals surface area contributed by atoms with Crippen molar-refractivity contribution in [2.24, 2.45) is 0 Å². The van der Waals surface area contributed by atoms with Crippen molar-refractivity contribution in [1.82, 2.24) is 0 Å². The molecule has 1 aliphatic rings. The summed E-state index contributed by atoms with van der Waals surface area (Å²) in [6.07, 6.45) is 17.1. The van der Waals surface area contributed by atoms with Gasteiger partial charge in [0.15, 0.2) is 0 Å². The zero-order valence-electron chi connectivity index (χ0n) is 11.6. The minimum atomic E-state index is -1.00. The Hall–Kier alpha value is 0.137. The molecule has 1 aliphatic heterocycles. The van der Waals surface area contributed by atoms with Gasteiger partial charge in [0.25, 0.3) is 0 Å². The van der Waals surface area contributed by atoms with Crippen molar-refractivity contribution < 1.29 is 9.15 Å². The summed E-state index contributed by atoms with van der Waals surface area (Å²) < 4.78 is 9.69. The van der Waals surface area contributed by atoms with E-state index < -0.39 is 9.28 Å². The SMILES string of the molecule is CCCCCCCCCCCCCC[SiH]1OO1. The summed E-state index contributed by atoms with van der Waals surface area (Å²) in [6, 6.07) is 1.23. The fourth-order valence-corrected chi connectivity index (χ4v) is 3.42. The highest BCUT2D eigenvalue weighted by atomic mass is 28.3. The van der Waals surface area contributed by atoms with Gasteiger partial charge in [-0.05, 0) is 6.04 Å². The predicted octanol–water partition coefficient (Wildman–Crippen LogP) is 4.87. The zero-order chi connectivity index (χ0) is 12.2. The van der Waals surface area contributed by atoms with Crippen molar-refractivity contribution in [3.05, 3.63) is 0 Å². The topological polar surface area (TPSA) is 25.1 Å². The molecule has 0 aromatic heterocycles. The number of unbranched alkanes of at least 4 members (excludes halogenated alkanes) is 11. The molecule has 0 spiro atoms. The molecule has 17 heavy (non-hydrogen) atoms. The van der Waals surface area contributed by atoms with E-state index in [1.807, 2.05) is 0 Å². The fourth-order valence-electron chi connectivity index (χ4n) is 2.29. The molecule has 0 aromatic rings. The molecule has 102 valence electrons. The largest absolute Gasteiger partial charge is 0.393 e. The maximum Gasteiger partial charge on any atom is 0.393 e. The molecule has 0 saturated carbocycles. The molecule has 0 amide bonds. The molecule has 0 aliphatic carbocycles. The summed E-state index contributed by atoms with van der Waals surface area (Å²) in [6.45, 7) is 2.28. The van der Waals surface area contributed by atoms with E-state index in [9.17, 15) is 0 Å². The molecule has 1 rings (SSSR count). The lowest BCUT2D eigenvalue weighted by atomic mass is 10.1. The van der Waals surface area contributed by atoms with Gasteiger partial charge >= 0.3 is 9.28 Å². The monoisotopic (exact) mass is 258 g/mol. The third-order valence-electron chi connectivity index (χ3n) is 3.53. The van der Waals surface area contributed by atoms with E-state index in [2.05, 4.69) is 6.92 Å². The molecule has 0 N–H and O–H groups in total. The van der Waals surface area contributed by atoms with Gasteiger partial charge in [-0.25, -0.2) is 0 Å². The molecule has 2 nitrogen and oxygen atoms in total. The highest BCUT2D eigenvalue weighted by Gasteiger charge is 2.28. The van der Waals surface area contributed by atoms with Crippen LogP contribution in [-0.2, 0) is 9.15 Å². The zero-order valence-corrected chi connectivity index (χ0v) is 12.7. The van der Waals surface area contributed by atoms with Crippen LogP contribution in [0.3, 0.4) is 0 Å². The van der Waals surface area contributed by atoms with Gasteiger partial charge in [0.2, 0.25) is 0 Å². The van der Waals surface area contributed by atoms with Gasteiger partial charge in [0, 0.05) is 0 Å². The Morgan fingerprint density at radius 2 is 1.00 bits per heavy atom. The lowest BCUT2D eigenvalue weighted by molar-refractivity contribution is 0.0850. The van der Waals surface area contributed by atoms with Crippen LogP contribution in [0.25, 0.3) is 0 Å². The van der Waals surface area contributed by atoms with Crippen molar-refractivity contribution in [3.63, 3.8) is 0 Å². The second kappa shape index (κ2) is 11.2. The molecular formula is C14H30O2Si. The van der Waals surface area contributed by atoms with E-state index >= 15 is 0 Å². The Kier molecular flexibility index (Phi) is 10.0. The Labute approximate surface area is 109 Å². The van der Waals surface area contributed by atoms with Gasteiger partial charge in [-0.1, -0.05) is 84.0 Å². The quantitative estimate of drug-likeness (QED) is 0.204. The van der Waals surface area contributed by atoms with Crippen LogP contribution in [0.2, 0.25) is 6.04 Å². The molecule has 0 unspecified atom stereocenters. The van der Waals surface area contributed by atoms with Crippen LogP contribution >= 0.6 is 0 Å². The van der Waals surface area contributed by atoms with Gasteiger partial charge in [0.05, 0.1) is 0 Å². The molecule has 0 atom stereocenters. The number of hydrogen-bond acceptors (Lipinski definition) is 2.